The van der Waals surface area contributed by atoms with Crippen molar-refractivity contribution < 1.29 is 14.2 Å². The molecule has 0 radical (unpaired) electrons. The molecule has 1 fully saturated rings. The van der Waals surface area contributed by atoms with Crippen molar-refractivity contribution in [3.8, 4) is 11.5 Å². The van der Waals surface area contributed by atoms with E-state index in [0.29, 0.717) is 54.8 Å². The van der Waals surface area contributed by atoms with E-state index in [1.807, 2.05) is 31.2 Å². The Balaban J connectivity index is 1.62. The van der Waals surface area contributed by atoms with Crippen molar-refractivity contribution in [2.75, 3.05) is 20.3 Å². The number of fused-ring (bicyclic) bond motifs is 1. The Labute approximate surface area is 185 Å². The minimum absolute atomic E-state index is 0.123. The lowest BCUT2D eigenvalue weighted by Gasteiger charge is -2.24. The van der Waals surface area contributed by atoms with Crippen molar-refractivity contribution in [2.24, 2.45) is 0 Å². The van der Waals surface area contributed by atoms with Crippen LogP contribution in [0.1, 0.15) is 38.1 Å². The highest BCUT2D eigenvalue weighted by Crippen LogP contribution is 2.31. The first-order valence-corrected chi connectivity index (χ1v) is 10.9. The van der Waals surface area contributed by atoms with Crippen LogP contribution in [0, 0.1) is 0 Å². The fraction of sp³-hybridized carbons (Fsp3) is 0.435. The second-order valence-electron chi connectivity index (χ2n) is 7.57. The van der Waals surface area contributed by atoms with Crippen molar-refractivity contribution in [3.05, 3.63) is 50.4 Å². The molecule has 1 N–H and O–H groups in total. The molecule has 9 heteroatoms. The monoisotopic (exact) mass is 440 g/mol. The number of aromatic nitrogens is 4. The number of nitrogens with zero attached hydrogens (tertiary/aromatic N) is 3. The average Bonchev–Trinajstić information content (AvgIpc) is 3.24. The van der Waals surface area contributed by atoms with Gasteiger partial charge in [0.25, 0.3) is 5.56 Å². The van der Waals surface area contributed by atoms with Gasteiger partial charge in [0.05, 0.1) is 20.3 Å². The van der Waals surface area contributed by atoms with Crippen molar-refractivity contribution in [2.45, 2.75) is 45.9 Å². The molecule has 32 heavy (non-hydrogen) atoms. The third kappa shape index (κ3) is 4.20. The summed E-state index contributed by atoms with van der Waals surface area (Å²) in [6, 6.07) is 5.71. The van der Waals surface area contributed by atoms with Crippen LogP contribution >= 0.6 is 0 Å². The molecule has 2 aromatic heterocycles. The summed E-state index contributed by atoms with van der Waals surface area (Å²) in [6.07, 6.45) is 5.48. The van der Waals surface area contributed by atoms with E-state index in [2.05, 4.69) is 9.97 Å². The van der Waals surface area contributed by atoms with Gasteiger partial charge in [0, 0.05) is 25.9 Å². The van der Waals surface area contributed by atoms with Gasteiger partial charge in [-0.25, -0.2) is 9.78 Å². The van der Waals surface area contributed by atoms with Gasteiger partial charge < -0.3 is 19.2 Å². The number of H-pyrrole nitrogens is 1. The zero-order valence-corrected chi connectivity index (χ0v) is 18.6. The Kier molecular flexibility index (Phi) is 6.45. The lowest BCUT2D eigenvalue weighted by molar-refractivity contribution is 0.0245. The second kappa shape index (κ2) is 9.44. The zero-order valence-electron chi connectivity index (χ0n) is 18.6. The van der Waals surface area contributed by atoms with Gasteiger partial charge in [-0.15, -0.1) is 0 Å². The quantitative estimate of drug-likeness (QED) is 0.606. The predicted octanol–water partition coefficient (Wildman–Crippen LogP) is 2.66. The maximum atomic E-state index is 12.6. The van der Waals surface area contributed by atoms with Crippen LogP contribution in [0.4, 0.5) is 0 Å². The van der Waals surface area contributed by atoms with E-state index < -0.39 is 0 Å². The van der Waals surface area contributed by atoms with Gasteiger partial charge in [-0.3, -0.25) is 13.9 Å². The third-order valence-corrected chi connectivity index (χ3v) is 5.60. The second-order valence-corrected chi connectivity index (χ2v) is 7.57. The molecule has 0 bridgehead atoms. The summed E-state index contributed by atoms with van der Waals surface area (Å²) in [7, 11) is 1.61. The number of hydrogen-bond acceptors (Lipinski definition) is 6. The van der Waals surface area contributed by atoms with Gasteiger partial charge in [-0.05, 0) is 37.6 Å². The highest BCUT2D eigenvalue weighted by molar-refractivity contribution is 5.76. The molecule has 0 spiro atoms. The van der Waals surface area contributed by atoms with Crippen LogP contribution in [-0.2, 0) is 17.8 Å². The van der Waals surface area contributed by atoms with Crippen LogP contribution in [0.3, 0.4) is 0 Å². The summed E-state index contributed by atoms with van der Waals surface area (Å²) >= 11 is 0. The number of aryl methyl sites for hydroxylation is 1. The Bertz CT molecular complexity index is 1250. The number of rotatable bonds is 7. The number of aromatic amines is 1. The van der Waals surface area contributed by atoms with Gasteiger partial charge in [-0.1, -0.05) is 12.1 Å². The summed E-state index contributed by atoms with van der Waals surface area (Å²) in [5.74, 6) is 1.84. The summed E-state index contributed by atoms with van der Waals surface area (Å²) in [6.45, 7) is 5.77. The van der Waals surface area contributed by atoms with E-state index in [1.165, 1.54) is 9.13 Å². The predicted molar refractivity (Wildman–Crippen MR) is 122 cm³/mol. The highest BCUT2D eigenvalue weighted by Gasteiger charge is 2.18. The normalized spacial score (nSPS) is 15.0. The molecule has 0 amide bonds. The maximum Gasteiger partial charge on any atom is 0.332 e. The molecule has 4 rings (SSSR count). The molecule has 0 saturated carbocycles. The van der Waals surface area contributed by atoms with E-state index >= 15 is 0 Å². The Hall–Kier alpha value is -3.33. The molecular weight excluding hydrogens is 412 g/mol. The highest BCUT2D eigenvalue weighted by atomic mass is 16.5. The third-order valence-electron chi connectivity index (χ3n) is 5.60. The number of methoxy groups -OCH3 is 1. The molecule has 1 saturated heterocycles. The Morgan fingerprint density at radius 2 is 1.88 bits per heavy atom. The molecule has 1 aliphatic rings. The van der Waals surface area contributed by atoms with Crippen LogP contribution in [0.15, 0.2) is 27.8 Å². The Morgan fingerprint density at radius 3 is 2.56 bits per heavy atom. The van der Waals surface area contributed by atoms with Crippen LogP contribution in [0.2, 0.25) is 0 Å². The first-order chi connectivity index (χ1) is 15.5. The van der Waals surface area contributed by atoms with Gasteiger partial charge in [-0.2, -0.15) is 0 Å². The van der Waals surface area contributed by atoms with Crippen molar-refractivity contribution in [3.63, 3.8) is 0 Å². The summed E-state index contributed by atoms with van der Waals surface area (Å²) < 4.78 is 19.7. The lowest BCUT2D eigenvalue weighted by atomic mass is 10.1. The number of hydrogen-bond donors (Lipinski definition) is 1. The molecule has 0 aliphatic carbocycles. The van der Waals surface area contributed by atoms with E-state index in [0.717, 1.165) is 18.4 Å². The first kappa shape index (κ1) is 21.9. The summed E-state index contributed by atoms with van der Waals surface area (Å²) in [4.78, 5) is 32.7. The Morgan fingerprint density at radius 1 is 1.12 bits per heavy atom. The van der Waals surface area contributed by atoms with E-state index in [4.69, 9.17) is 14.2 Å². The molecule has 0 unspecified atom stereocenters. The summed E-state index contributed by atoms with van der Waals surface area (Å²) in [5, 5.41) is 0. The fourth-order valence-electron chi connectivity index (χ4n) is 3.86. The van der Waals surface area contributed by atoms with Gasteiger partial charge in [0.1, 0.15) is 17.4 Å². The topological polar surface area (TPSA) is 100 Å². The number of benzene rings is 1. The van der Waals surface area contributed by atoms with E-state index in [1.54, 1.807) is 20.1 Å². The van der Waals surface area contributed by atoms with Crippen LogP contribution in [-0.4, -0.2) is 45.5 Å². The largest absolute Gasteiger partial charge is 0.493 e. The minimum atomic E-state index is -0.361. The van der Waals surface area contributed by atoms with E-state index in [9.17, 15) is 9.59 Å². The molecule has 1 aromatic carbocycles. The molecule has 3 heterocycles. The van der Waals surface area contributed by atoms with Crippen LogP contribution in [0.25, 0.3) is 23.3 Å². The molecule has 1 aliphatic heterocycles. The van der Waals surface area contributed by atoms with E-state index in [-0.39, 0.29) is 17.4 Å². The van der Waals surface area contributed by atoms with Crippen molar-refractivity contribution in [1.82, 2.24) is 19.1 Å². The standard InChI is InChI=1S/C23H28N4O5/c1-4-26-21-20(22(28)27(5-2)23(26)29)24-19(25-21)9-7-15-6-8-17(18(14-15)30-3)32-16-10-12-31-13-11-16/h6-9,14,16H,4-5,10-13H2,1-3H3,(H,24,25)/b9-7+. The van der Waals surface area contributed by atoms with Gasteiger partial charge in [0.2, 0.25) is 0 Å². The van der Waals surface area contributed by atoms with Crippen LogP contribution < -0.4 is 20.7 Å². The number of imidazole rings is 1. The maximum absolute atomic E-state index is 12.6. The average molecular weight is 441 g/mol. The van der Waals surface area contributed by atoms with Crippen molar-refractivity contribution >= 4 is 23.3 Å². The smallest absolute Gasteiger partial charge is 0.332 e. The SMILES string of the molecule is CCn1c(=O)c2[nH]c(/C=C/c3ccc(OC4CCOCC4)c(OC)c3)nc2n(CC)c1=O. The lowest BCUT2D eigenvalue weighted by Crippen LogP contribution is -2.39. The first-order valence-electron chi connectivity index (χ1n) is 10.9. The minimum Gasteiger partial charge on any atom is -0.493 e. The molecule has 3 aromatic rings. The molecule has 9 nitrogen and oxygen atoms in total. The summed E-state index contributed by atoms with van der Waals surface area (Å²) in [5.41, 5.74) is 0.871. The van der Waals surface area contributed by atoms with Crippen LogP contribution in [0.5, 0.6) is 11.5 Å². The fourth-order valence-corrected chi connectivity index (χ4v) is 3.86. The number of nitrogens with one attached hydrogen (secondary N) is 1. The van der Waals surface area contributed by atoms with Gasteiger partial charge in [0.15, 0.2) is 17.1 Å². The number of ether oxygens (including phenoxy) is 3. The van der Waals surface area contributed by atoms with Gasteiger partial charge >= 0.3 is 5.69 Å². The van der Waals surface area contributed by atoms with Crippen molar-refractivity contribution in [1.29, 1.82) is 0 Å². The molecular formula is C23H28N4O5. The molecule has 0 atom stereocenters. The zero-order chi connectivity index (χ0) is 22.7. The molecule has 170 valence electrons.